The maximum Gasteiger partial charge on any atom is 0.193 e. The van der Waals surface area contributed by atoms with Gasteiger partial charge in [-0.05, 0) is 43.2 Å². The van der Waals surface area contributed by atoms with Crippen molar-refractivity contribution in [2.45, 2.75) is 32.1 Å². The Morgan fingerprint density at radius 2 is 2.24 bits per heavy atom. The zero-order valence-corrected chi connectivity index (χ0v) is 16.3. The van der Waals surface area contributed by atoms with Gasteiger partial charge in [-0.3, -0.25) is 4.99 Å². The minimum Gasteiger partial charge on any atom is -0.356 e. The smallest absolute Gasteiger partial charge is 0.193 e. The predicted molar refractivity (Wildman–Crippen MR) is 102 cm³/mol. The lowest BCUT2D eigenvalue weighted by atomic mass is 9.68. The first-order valence-electron chi connectivity index (χ1n) is 7.41. The molecule has 1 aromatic rings. The van der Waals surface area contributed by atoms with E-state index in [1.54, 1.807) is 11.3 Å². The number of aliphatic imine (C=N–C) groups is 1. The molecule has 1 aromatic heterocycles. The Kier molecular flexibility index (Phi) is 6.20. The highest BCUT2D eigenvalue weighted by atomic mass is 127. The molecule has 1 aliphatic carbocycles. The highest BCUT2D eigenvalue weighted by Gasteiger charge is 2.43. The molecule has 1 saturated carbocycles. The standard InChI is InChI=1S/C15H22ClN3S.HI/c1-17-14(18-9-5-12-3-4-13(16)20-12)19-10-8-15(11-19)6-2-7-15;/h3-4H,2,5-11H2,1H3,(H,17,18);1H. The van der Waals surface area contributed by atoms with E-state index in [4.69, 9.17) is 11.6 Å². The maximum atomic E-state index is 5.95. The van der Waals surface area contributed by atoms with E-state index in [0.717, 1.165) is 29.8 Å². The molecule has 2 fully saturated rings. The summed E-state index contributed by atoms with van der Waals surface area (Å²) in [4.78, 5) is 8.20. The number of hydrogen-bond donors (Lipinski definition) is 1. The molecule has 118 valence electrons. The van der Waals surface area contributed by atoms with Gasteiger partial charge >= 0.3 is 0 Å². The fourth-order valence-corrected chi connectivity index (χ4v) is 4.40. The summed E-state index contributed by atoms with van der Waals surface area (Å²) >= 11 is 7.62. The Labute approximate surface area is 153 Å². The van der Waals surface area contributed by atoms with Crippen molar-refractivity contribution in [1.82, 2.24) is 10.2 Å². The molecule has 1 aliphatic heterocycles. The zero-order valence-electron chi connectivity index (χ0n) is 12.4. The molecule has 3 rings (SSSR count). The molecule has 2 heterocycles. The van der Waals surface area contributed by atoms with E-state index in [-0.39, 0.29) is 24.0 Å². The third kappa shape index (κ3) is 4.05. The summed E-state index contributed by atoms with van der Waals surface area (Å²) < 4.78 is 0.871. The number of nitrogens with zero attached hydrogens (tertiary/aromatic N) is 2. The van der Waals surface area contributed by atoms with Crippen LogP contribution in [0.5, 0.6) is 0 Å². The van der Waals surface area contributed by atoms with Crippen molar-refractivity contribution in [3.8, 4) is 0 Å². The van der Waals surface area contributed by atoms with Crippen LogP contribution in [0, 0.1) is 5.41 Å². The Bertz CT molecular complexity index is 499. The second-order valence-electron chi connectivity index (χ2n) is 5.95. The summed E-state index contributed by atoms with van der Waals surface area (Å²) in [7, 11) is 1.89. The first kappa shape index (κ1) is 17.3. The predicted octanol–water partition coefficient (Wildman–Crippen LogP) is 4.01. The van der Waals surface area contributed by atoms with E-state index in [1.807, 2.05) is 13.1 Å². The largest absolute Gasteiger partial charge is 0.356 e. The van der Waals surface area contributed by atoms with Crippen LogP contribution in [-0.2, 0) is 6.42 Å². The Hall–Kier alpha value is -0.0100. The van der Waals surface area contributed by atoms with E-state index in [2.05, 4.69) is 21.3 Å². The number of thiophene rings is 1. The van der Waals surface area contributed by atoms with Crippen molar-refractivity contribution in [3.63, 3.8) is 0 Å². The number of rotatable bonds is 3. The maximum absolute atomic E-state index is 5.95. The highest BCUT2D eigenvalue weighted by molar-refractivity contribution is 14.0. The first-order chi connectivity index (χ1) is 9.71. The summed E-state index contributed by atoms with van der Waals surface area (Å²) in [6.45, 7) is 3.27. The molecule has 3 nitrogen and oxygen atoms in total. The van der Waals surface area contributed by atoms with Crippen molar-refractivity contribution >= 4 is 52.9 Å². The fraction of sp³-hybridized carbons (Fsp3) is 0.667. The molecular formula is C15H23ClIN3S. The van der Waals surface area contributed by atoms with Crippen LogP contribution in [0.4, 0.5) is 0 Å². The third-order valence-electron chi connectivity index (χ3n) is 4.65. The molecule has 2 aliphatic rings. The number of likely N-dealkylation sites (tertiary alicyclic amines) is 1. The monoisotopic (exact) mass is 439 g/mol. The van der Waals surface area contributed by atoms with Gasteiger partial charge in [0, 0.05) is 31.6 Å². The third-order valence-corrected chi connectivity index (χ3v) is 5.94. The molecule has 6 heteroatoms. The molecule has 1 N–H and O–H groups in total. The molecule has 21 heavy (non-hydrogen) atoms. The normalized spacial score (nSPS) is 20.3. The van der Waals surface area contributed by atoms with Gasteiger partial charge in [-0.2, -0.15) is 0 Å². The molecule has 1 saturated heterocycles. The topological polar surface area (TPSA) is 27.6 Å². The minimum atomic E-state index is 0. The molecule has 0 atom stereocenters. The van der Waals surface area contributed by atoms with E-state index in [9.17, 15) is 0 Å². The van der Waals surface area contributed by atoms with Gasteiger partial charge in [-0.15, -0.1) is 35.3 Å². The van der Waals surface area contributed by atoms with Crippen molar-refractivity contribution in [2.24, 2.45) is 10.4 Å². The van der Waals surface area contributed by atoms with Gasteiger partial charge in [0.1, 0.15) is 0 Å². The second-order valence-corrected chi connectivity index (χ2v) is 7.75. The lowest BCUT2D eigenvalue weighted by Gasteiger charge is -2.38. The van der Waals surface area contributed by atoms with Gasteiger partial charge < -0.3 is 10.2 Å². The quantitative estimate of drug-likeness (QED) is 0.438. The molecular weight excluding hydrogens is 417 g/mol. The summed E-state index contributed by atoms with van der Waals surface area (Å²) in [6, 6.07) is 4.08. The number of nitrogens with one attached hydrogen (secondary N) is 1. The number of halogens is 2. The van der Waals surface area contributed by atoms with Crippen LogP contribution in [0.1, 0.15) is 30.6 Å². The second kappa shape index (κ2) is 7.51. The number of guanidine groups is 1. The summed E-state index contributed by atoms with van der Waals surface area (Å²) in [5.74, 6) is 1.07. The van der Waals surface area contributed by atoms with E-state index >= 15 is 0 Å². The van der Waals surface area contributed by atoms with Gasteiger partial charge in [0.2, 0.25) is 0 Å². The van der Waals surface area contributed by atoms with E-state index in [0.29, 0.717) is 5.41 Å². The number of hydrogen-bond acceptors (Lipinski definition) is 2. The Balaban J connectivity index is 0.00000161. The summed E-state index contributed by atoms with van der Waals surface area (Å²) in [5.41, 5.74) is 0.624. The van der Waals surface area contributed by atoms with Crippen LogP contribution in [0.2, 0.25) is 4.34 Å². The molecule has 0 radical (unpaired) electrons. The summed E-state index contributed by atoms with van der Waals surface area (Å²) in [6.07, 6.45) is 6.59. The Morgan fingerprint density at radius 3 is 2.76 bits per heavy atom. The van der Waals surface area contributed by atoms with Gasteiger partial charge in [0.15, 0.2) is 5.96 Å². The average Bonchev–Trinajstić information content (AvgIpc) is 3.01. The van der Waals surface area contributed by atoms with Crippen molar-refractivity contribution in [1.29, 1.82) is 0 Å². The summed E-state index contributed by atoms with van der Waals surface area (Å²) in [5, 5.41) is 3.49. The molecule has 0 bridgehead atoms. The van der Waals surface area contributed by atoms with Crippen LogP contribution < -0.4 is 5.32 Å². The molecule has 0 amide bonds. The van der Waals surface area contributed by atoms with E-state index < -0.39 is 0 Å². The van der Waals surface area contributed by atoms with Crippen molar-refractivity contribution < 1.29 is 0 Å². The molecule has 0 aromatic carbocycles. The zero-order chi connectivity index (χ0) is 14.0. The molecule has 1 spiro atoms. The van der Waals surface area contributed by atoms with Crippen LogP contribution in [0.25, 0.3) is 0 Å². The van der Waals surface area contributed by atoms with Crippen LogP contribution in [0.15, 0.2) is 17.1 Å². The van der Waals surface area contributed by atoms with Gasteiger partial charge in [0.05, 0.1) is 4.34 Å². The van der Waals surface area contributed by atoms with Gasteiger partial charge in [-0.25, -0.2) is 0 Å². The highest BCUT2D eigenvalue weighted by Crippen LogP contribution is 2.47. The van der Waals surface area contributed by atoms with Crippen LogP contribution in [0.3, 0.4) is 0 Å². The SMILES string of the molecule is CN=C(NCCc1ccc(Cl)s1)N1CCC2(CCC2)C1.I. The van der Waals surface area contributed by atoms with Gasteiger partial charge in [0.25, 0.3) is 0 Å². The van der Waals surface area contributed by atoms with Crippen molar-refractivity contribution in [3.05, 3.63) is 21.3 Å². The Morgan fingerprint density at radius 1 is 1.43 bits per heavy atom. The minimum absolute atomic E-state index is 0. The van der Waals surface area contributed by atoms with Gasteiger partial charge in [-0.1, -0.05) is 18.0 Å². The first-order valence-corrected chi connectivity index (χ1v) is 8.60. The van der Waals surface area contributed by atoms with Crippen LogP contribution in [-0.4, -0.2) is 37.5 Å². The van der Waals surface area contributed by atoms with Crippen LogP contribution >= 0.6 is 46.9 Å². The lowest BCUT2D eigenvalue weighted by molar-refractivity contribution is 0.151. The van der Waals surface area contributed by atoms with E-state index in [1.165, 1.54) is 37.1 Å². The lowest BCUT2D eigenvalue weighted by Crippen LogP contribution is -2.43. The van der Waals surface area contributed by atoms with Crippen molar-refractivity contribution in [2.75, 3.05) is 26.7 Å². The fourth-order valence-electron chi connectivity index (χ4n) is 3.32. The average molecular weight is 440 g/mol. The molecule has 0 unspecified atom stereocenters.